The van der Waals surface area contributed by atoms with Crippen molar-refractivity contribution in [2.45, 2.75) is 39.5 Å². The summed E-state index contributed by atoms with van der Waals surface area (Å²) < 4.78 is 0. The Balaban J connectivity index is 2.87. The number of benzene rings is 1. The monoisotopic (exact) mass is 287 g/mol. The highest BCUT2D eigenvalue weighted by molar-refractivity contribution is 6.35. The van der Waals surface area contributed by atoms with Crippen LogP contribution < -0.4 is 5.32 Å². The molecule has 0 spiro atoms. The fourth-order valence-electron chi connectivity index (χ4n) is 2.14. The number of rotatable bonds is 7. The van der Waals surface area contributed by atoms with Crippen molar-refractivity contribution in [3.8, 4) is 0 Å². The molecule has 3 heteroatoms. The molecule has 0 heterocycles. The van der Waals surface area contributed by atoms with Crippen LogP contribution in [0.15, 0.2) is 18.2 Å². The molecule has 0 bridgehead atoms. The summed E-state index contributed by atoms with van der Waals surface area (Å²) in [5, 5.41) is 4.98. The molecule has 0 saturated carbocycles. The third-order valence-electron chi connectivity index (χ3n) is 3.48. The standard InChI is InChI=1S/C15H23Cl2N/c1-4-8-18-10-14(11(3)5-2)13-7-6-12(16)9-15(13)17/h6-7,9,11,14,18H,4-5,8,10H2,1-3H3. The molecule has 1 aromatic carbocycles. The second-order valence-electron chi connectivity index (χ2n) is 4.86. The van der Waals surface area contributed by atoms with E-state index in [9.17, 15) is 0 Å². The van der Waals surface area contributed by atoms with Crippen molar-refractivity contribution in [3.05, 3.63) is 33.8 Å². The van der Waals surface area contributed by atoms with Gasteiger partial charge in [0.1, 0.15) is 0 Å². The van der Waals surface area contributed by atoms with Gasteiger partial charge in [-0.15, -0.1) is 0 Å². The van der Waals surface area contributed by atoms with Crippen molar-refractivity contribution >= 4 is 23.2 Å². The van der Waals surface area contributed by atoms with Crippen molar-refractivity contribution in [1.29, 1.82) is 0 Å². The maximum Gasteiger partial charge on any atom is 0.0456 e. The van der Waals surface area contributed by atoms with E-state index in [1.54, 1.807) is 0 Å². The molecule has 0 aliphatic heterocycles. The van der Waals surface area contributed by atoms with Crippen LogP contribution in [0.5, 0.6) is 0 Å². The van der Waals surface area contributed by atoms with Crippen molar-refractivity contribution in [2.75, 3.05) is 13.1 Å². The molecule has 1 rings (SSSR count). The summed E-state index contributed by atoms with van der Waals surface area (Å²) in [6.07, 6.45) is 2.30. The molecule has 102 valence electrons. The predicted molar refractivity (Wildman–Crippen MR) is 81.8 cm³/mol. The van der Waals surface area contributed by atoms with Crippen LogP contribution in [-0.4, -0.2) is 13.1 Å². The third-order valence-corrected chi connectivity index (χ3v) is 4.05. The molecule has 0 aliphatic rings. The van der Waals surface area contributed by atoms with Gasteiger partial charge in [-0.25, -0.2) is 0 Å². The fourth-order valence-corrected chi connectivity index (χ4v) is 2.69. The van der Waals surface area contributed by atoms with Gasteiger partial charge in [0.05, 0.1) is 0 Å². The van der Waals surface area contributed by atoms with E-state index >= 15 is 0 Å². The van der Waals surface area contributed by atoms with Gasteiger partial charge in [-0.05, 0) is 36.6 Å². The first kappa shape index (κ1) is 15.8. The molecule has 0 aliphatic carbocycles. The van der Waals surface area contributed by atoms with Crippen LogP contribution in [0.3, 0.4) is 0 Å². The maximum atomic E-state index is 6.33. The highest BCUT2D eigenvalue weighted by Gasteiger charge is 2.20. The first-order chi connectivity index (χ1) is 8.60. The highest BCUT2D eigenvalue weighted by atomic mass is 35.5. The summed E-state index contributed by atoms with van der Waals surface area (Å²) in [4.78, 5) is 0. The Morgan fingerprint density at radius 3 is 2.50 bits per heavy atom. The molecule has 0 aromatic heterocycles. The summed E-state index contributed by atoms with van der Waals surface area (Å²) in [5.74, 6) is 1.05. The van der Waals surface area contributed by atoms with E-state index in [1.807, 2.05) is 12.1 Å². The zero-order chi connectivity index (χ0) is 13.5. The molecule has 0 saturated heterocycles. The number of hydrogen-bond acceptors (Lipinski definition) is 1. The molecular weight excluding hydrogens is 265 g/mol. The molecule has 1 aromatic rings. The van der Waals surface area contributed by atoms with Crippen LogP contribution in [0.1, 0.15) is 45.1 Å². The minimum absolute atomic E-state index is 0.450. The number of halogens is 2. The van der Waals surface area contributed by atoms with Gasteiger partial charge in [0.15, 0.2) is 0 Å². The Hall–Kier alpha value is -0.240. The fraction of sp³-hybridized carbons (Fsp3) is 0.600. The molecule has 1 N–H and O–H groups in total. The van der Waals surface area contributed by atoms with Crippen molar-refractivity contribution in [1.82, 2.24) is 5.32 Å². The molecule has 2 atom stereocenters. The average Bonchev–Trinajstić information content (AvgIpc) is 2.35. The van der Waals surface area contributed by atoms with Crippen LogP contribution >= 0.6 is 23.2 Å². The van der Waals surface area contributed by atoms with Gasteiger partial charge in [-0.3, -0.25) is 0 Å². The van der Waals surface area contributed by atoms with E-state index in [4.69, 9.17) is 23.2 Å². The van der Waals surface area contributed by atoms with Crippen molar-refractivity contribution < 1.29 is 0 Å². The topological polar surface area (TPSA) is 12.0 Å². The van der Waals surface area contributed by atoms with Gasteiger partial charge in [0, 0.05) is 22.5 Å². The van der Waals surface area contributed by atoms with E-state index in [1.165, 1.54) is 5.56 Å². The number of hydrogen-bond donors (Lipinski definition) is 1. The molecule has 0 fully saturated rings. The Labute approximate surface area is 121 Å². The number of nitrogens with one attached hydrogen (secondary N) is 1. The minimum atomic E-state index is 0.450. The summed E-state index contributed by atoms with van der Waals surface area (Å²) in [6, 6.07) is 5.83. The van der Waals surface area contributed by atoms with Gasteiger partial charge in [-0.1, -0.05) is 56.5 Å². The van der Waals surface area contributed by atoms with Crippen LogP contribution in [-0.2, 0) is 0 Å². The average molecular weight is 288 g/mol. The zero-order valence-electron chi connectivity index (χ0n) is 11.5. The second-order valence-corrected chi connectivity index (χ2v) is 5.71. The van der Waals surface area contributed by atoms with E-state index in [2.05, 4.69) is 32.2 Å². The normalized spacial score (nSPS) is 14.5. The van der Waals surface area contributed by atoms with Crippen molar-refractivity contribution in [2.24, 2.45) is 5.92 Å². The Morgan fingerprint density at radius 1 is 1.22 bits per heavy atom. The van der Waals surface area contributed by atoms with Crippen LogP contribution in [0.4, 0.5) is 0 Å². The first-order valence-corrected chi connectivity index (χ1v) is 7.51. The van der Waals surface area contributed by atoms with Crippen LogP contribution in [0, 0.1) is 5.92 Å². The summed E-state index contributed by atoms with van der Waals surface area (Å²) >= 11 is 12.3. The lowest BCUT2D eigenvalue weighted by Gasteiger charge is -2.25. The summed E-state index contributed by atoms with van der Waals surface area (Å²) in [5.41, 5.74) is 1.21. The van der Waals surface area contributed by atoms with Gasteiger partial charge in [0.2, 0.25) is 0 Å². The zero-order valence-corrected chi connectivity index (χ0v) is 13.0. The molecule has 1 nitrogen and oxygen atoms in total. The lowest BCUT2D eigenvalue weighted by Crippen LogP contribution is -2.26. The largest absolute Gasteiger partial charge is 0.316 e. The quantitative estimate of drug-likeness (QED) is 0.686. The summed E-state index contributed by atoms with van der Waals surface area (Å²) in [6.45, 7) is 8.72. The van der Waals surface area contributed by atoms with E-state index < -0.39 is 0 Å². The van der Waals surface area contributed by atoms with Gasteiger partial charge in [-0.2, -0.15) is 0 Å². The maximum absolute atomic E-state index is 6.33. The molecule has 0 amide bonds. The van der Waals surface area contributed by atoms with E-state index in [-0.39, 0.29) is 0 Å². The smallest absolute Gasteiger partial charge is 0.0456 e. The Morgan fingerprint density at radius 2 is 1.94 bits per heavy atom. The lowest BCUT2D eigenvalue weighted by molar-refractivity contribution is 0.421. The second kappa shape index (κ2) is 8.04. The van der Waals surface area contributed by atoms with Crippen molar-refractivity contribution in [3.63, 3.8) is 0 Å². The molecular formula is C15H23Cl2N. The van der Waals surface area contributed by atoms with Gasteiger partial charge in [0.25, 0.3) is 0 Å². The Kier molecular flexibility index (Phi) is 7.06. The van der Waals surface area contributed by atoms with Crippen LogP contribution in [0.2, 0.25) is 10.0 Å². The SMILES string of the molecule is CCCNCC(c1ccc(Cl)cc1Cl)C(C)CC. The molecule has 2 unspecified atom stereocenters. The van der Waals surface area contributed by atoms with E-state index in [0.717, 1.165) is 31.0 Å². The van der Waals surface area contributed by atoms with E-state index in [0.29, 0.717) is 16.9 Å². The highest BCUT2D eigenvalue weighted by Crippen LogP contribution is 2.33. The predicted octanol–water partition coefficient (Wildman–Crippen LogP) is 5.12. The lowest BCUT2D eigenvalue weighted by atomic mass is 9.85. The third kappa shape index (κ3) is 4.46. The molecule has 0 radical (unpaired) electrons. The van der Waals surface area contributed by atoms with Gasteiger partial charge >= 0.3 is 0 Å². The summed E-state index contributed by atoms with van der Waals surface area (Å²) in [7, 11) is 0. The minimum Gasteiger partial charge on any atom is -0.316 e. The first-order valence-electron chi connectivity index (χ1n) is 6.75. The van der Waals surface area contributed by atoms with Gasteiger partial charge < -0.3 is 5.32 Å². The Bertz CT molecular complexity index is 366. The van der Waals surface area contributed by atoms with Crippen LogP contribution in [0.25, 0.3) is 0 Å². The molecule has 18 heavy (non-hydrogen) atoms.